The fourth-order valence-corrected chi connectivity index (χ4v) is 2.47. The summed E-state index contributed by atoms with van der Waals surface area (Å²) in [6.07, 6.45) is 2.17. The van der Waals surface area contributed by atoms with Gasteiger partial charge in [-0.1, -0.05) is 61.9 Å². The molecule has 2 rings (SSSR count). The van der Waals surface area contributed by atoms with Gasteiger partial charge >= 0.3 is 0 Å². The summed E-state index contributed by atoms with van der Waals surface area (Å²) in [6, 6.07) is 17.9. The van der Waals surface area contributed by atoms with Gasteiger partial charge in [-0.05, 0) is 30.9 Å². The lowest BCUT2D eigenvalue weighted by Gasteiger charge is -2.21. The molecule has 0 aliphatic heterocycles. The number of aliphatic carboxylic acids is 1. The molecule has 0 heterocycles. The smallest absolute Gasteiger partial charge is 0.127 e. The zero-order chi connectivity index (χ0) is 15.8. The molecule has 1 atom stereocenters. The molecule has 0 bridgehead atoms. The SMILES string of the molecule is CCCC(CCC(=O)[O-])Oc1ccccc1-c1ccccc1. The molecule has 0 saturated carbocycles. The number of carboxylic acids is 1. The van der Waals surface area contributed by atoms with Crippen LogP contribution in [0.3, 0.4) is 0 Å². The molecule has 3 heteroatoms. The van der Waals surface area contributed by atoms with Crippen LogP contribution in [0.4, 0.5) is 0 Å². The quantitative estimate of drug-likeness (QED) is 0.750. The number of carbonyl (C=O) groups is 1. The van der Waals surface area contributed by atoms with Crippen molar-refractivity contribution in [3.05, 3.63) is 54.6 Å². The Morgan fingerprint density at radius 2 is 1.73 bits per heavy atom. The van der Waals surface area contributed by atoms with Gasteiger partial charge in [0.2, 0.25) is 0 Å². The topological polar surface area (TPSA) is 49.4 Å². The van der Waals surface area contributed by atoms with Gasteiger partial charge in [0.15, 0.2) is 0 Å². The summed E-state index contributed by atoms with van der Waals surface area (Å²) in [4.78, 5) is 10.7. The van der Waals surface area contributed by atoms with Gasteiger partial charge in [0.1, 0.15) is 5.75 Å². The molecule has 0 saturated heterocycles. The maximum atomic E-state index is 10.7. The summed E-state index contributed by atoms with van der Waals surface area (Å²) in [7, 11) is 0. The van der Waals surface area contributed by atoms with Gasteiger partial charge in [-0.2, -0.15) is 0 Å². The van der Waals surface area contributed by atoms with E-state index in [1.54, 1.807) is 0 Å². The van der Waals surface area contributed by atoms with Crippen LogP contribution in [-0.2, 0) is 4.79 Å². The molecule has 22 heavy (non-hydrogen) atoms. The zero-order valence-corrected chi connectivity index (χ0v) is 12.8. The predicted octanol–water partition coefficient (Wildman–Crippen LogP) is 3.43. The van der Waals surface area contributed by atoms with Gasteiger partial charge in [-0.3, -0.25) is 0 Å². The van der Waals surface area contributed by atoms with Crippen LogP contribution in [0.1, 0.15) is 32.6 Å². The molecule has 0 spiro atoms. The minimum atomic E-state index is -1.03. The average Bonchev–Trinajstić information content (AvgIpc) is 2.54. The Kier molecular flexibility index (Phi) is 6.01. The third-order valence-corrected chi connectivity index (χ3v) is 3.55. The molecule has 116 valence electrons. The monoisotopic (exact) mass is 297 g/mol. The molecule has 0 aliphatic rings. The molecule has 0 aromatic heterocycles. The Balaban J connectivity index is 2.18. The Morgan fingerprint density at radius 1 is 1.05 bits per heavy atom. The number of para-hydroxylation sites is 1. The molecule has 3 nitrogen and oxygen atoms in total. The van der Waals surface area contributed by atoms with E-state index in [4.69, 9.17) is 4.74 Å². The van der Waals surface area contributed by atoms with Crippen molar-refractivity contribution in [2.24, 2.45) is 0 Å². The van der Waals surface area contributed by atoms with E-state index in [0.717, 1.165) is 29.7 Å². The summed E-state index contributed by atoms with van der Waals surface area (Å²) in [6.45, 7) is 2.07. The normalized spacial score (nSPS) is 11.9. The zero-order valence-electron chi connectivity index (χ0n) is 12.8. The molecule has 2 aromatic carbocycles. The highest BCUT2D eigenvalue weighted by Crippen LogP contribution is 2.31. The molecule has 0 amide bonds. The number of benzene rings is 2. The summed E-state index contributed by atoms with van der Waals surface area (Å²) in [5.74, 6) is -0.230. The second-order valence-electron chi connectivity index (χ2n) is 5.30. The van der Waals surface area contributed by atoms with Crippen LogP contribution in [0.25, 0.3) is 11.1 Å². The van der Waals surface area contributed by atoms with Gasteiger partial charge in [0, 0.05) is 11.5 Å². The van der Waals surface area contributed by atoms with E-state index in [9.17, 15) is 9.90 Å². The highest BCUT2D eigenvalue weighted by atomic mass is 16.5. The number of ether oxygens (including phenoxy) is 1. The Morgan fingerprint density at radius 3 is 2.41 bits per heavy atom. The van der Waals surface area contributed by atoms with Crippen LogP contribution in [-0.4, -0.2) is 12.1 Å². The van der Waals surface area contributed by atoms with Crippen LogP contribution >= 0.6 is 0 Å². The van der Waals surface area contributed by atoms with Gasteiger partial charge in [0.05, 0.1) is 6.10 Å². The highest BCUT2D eigenvalue weighted by molar-refractivity contribution is 5.70. The van der Waals surface area contributed by atoms with Gasteiger partial charge in [-0.15, -0.1) is 0 Å². The first-order valence-electron chi connectivity index (χ1n) is 7.71. The van der Waals surface area contributed by atoms with Gasteiger partial charge < -0.3 is 14.6 Å². The van der Waals surface area contributed by atoms with Crippen LogP contribution in [0.15, 0.2) is 54.6 Å². The van der Waals surface area contributed by atoms with Crippen molar-refractivity contribution in [1.82, 2.24) is 0 Å². The summed E-state index contributed by atoms with van der Waals surface area (Å²) in [5.41, 5.74) is 2.12. The van der Waals surface area contributed by atoms with Gasteiger partial charge in [-0.25, -0.2) is 0 Å². The minimum Gasteiger partial charge on any atom is -0.550 e. The van der Waals surface area contributed by atoms with Crippen LogP contribution in [0.5, 0.6) is 5.75 Å². The summed E-state index contributed by atoms with van der Waals surface area (Å²) < 4.78 is 6.10. The number of carboxylic acid groups (broad SMARTS) is 1. The number of hydrogen-bond acceptors (Lipinski definition) is 3. The number of carbonyl (C=O) groups excluding carboxylic acids is 1. The summed E-state index contributed by atoms with van der Waals surface area (Å²) in [5, 5.41) is 10.7. The van der Waals surface area contributed by atoms with Crippen molar-refractivity contribution >= 4 is 5.97 Å². The van der Waals surface area contributed by atoms with Crippen molar-refractivity contribution in [2.75, 3.05) is 0 Å². The minimum absolute atomic E-state index is 0.0260. The van der Waals surface area contributed by atoms with Crippen molar-refractivity contribution < 1.29 is 14.6 Å². The molecule has 0 aliphatic carbocycles. The largest absolute Gasteiger partial charge is 0.550 e. The Bertz CT molecular complexity index is 593. The van der Waals surface area contributed by atoms with E-state index >= 15 is 0 Å². The van der Waals surface area contributed by atoms with Crippen LogP contribution in [0.2, 0.25) is 0 Å². The van der Waals surface area contributed by atoms with Crippen molar-refractivity contribution in [3.8, 4) is 16.9 Å². The lowest BCUT2D eigenvalue weighted by Crippen LogP contribution is -2.25. The third-order valence-electron chi connectivity index (χ3n) is 3.55. The van der Waals surface area contributed by atoms with Gasteiger partial charge in [0.25, 0.3) is 0 Å². The molecule has 1 unspecified atom stereocenters. The van der Waals surface area contributed by atoms with Crippen molar-refractivity contribution in [1.29, 1.82) is 0 Å². The lowest BCUT2D eigenvalue weighted by molar-refractivity contribution is -0.306. The van der Waals surface area contributed by atoms with E-state index in [0.29, 0.717) is 6.42 Å². The molecule has 0 radical (unpaired) electrons. The maximum absolute atomic E-state index is 10.7. The van der Waals surface area contributed by atoms with Crippen molar-refractivity contribution in [2.45, 2.75) is 38.7 Å². The van der Waals surface area contributed by atoms with E-state index in [1.807, 2.05) is 54.6 Å². The number of rotatable bonds is 8. The van der Waals surface area contributed by atoms with E-state index in [-0.39, 0.29) is 12.5 Å². The molecular formula is C19H21O3-. The first-order chi connectivity index (χ1) is 10.7. The fourth-order valence-electron chi connectivity index (χ4n) is 2.47. The standard InChI is InChI=1S/C19H22O3/c1-2-8-16(13-14-19(20)21)22-18-12-7-6-11-17(18)15-9-4-3-5-10-15/h3-7,9-12,16H,2,8,13-14H2,1H3,(H,20,21)/p-1. The second kappa shape index (κ2) is 8.23. The van der Waals surface area contributed by atoms with E-state index < -0.39 is 5.97 Å². The molecule has 0 fully saturated rings. The molecule has 2 aromatic rings. The fraction of sp³-hybridized carbons (Fsp3) is 0.316. The van der Waals surface area contributed by atoms with Crippen LogP contribution in [0, 0.1) is 0 Å². The van der Waals surface area contributed by atoms with E-state index in [1.165, 1.54) is 0 Å². The maximum Gasteiger partial charge on any atom is 0.127 e. The first kappa shape index (κ1) is 16.1. The summed E-state index contributed by atoms with van der Waals surface area (Å²) >= 11 is 0. The third kappa shape index (κ3) is 4.62. The second-order valence-corrected chi connectivity index (χ2v) is 5.30. The average molecular weight is 297 g/mol. The molecular weight excluding hydrogens is 276 g/mol. The van der Waals surface area contributed by atoms with E-state index in [2.05, 4.69) is 6.92 Å². The number of hydrogen-bond donors (Lipinski definition) is 0. The van der Waals surface area contributed by atoms with Crippen LogP contribution < -0.4 is 9.84 Å². The van der Waals surface area contributed by atoms with Crippen molar-refractivity contribution in [3.63, 3.8) is 0 Å². The Labute approximate surface area is 131 Å². The Hall–Kier alpha value is -2.29. The predicted molar refractivity (Wildman–Crippen MR) is 85.4 cm³/mol. The lowest BCUT2D eigenvalue weighted by atomic mass is 10.0. The first-order valence-corrected chi connectivity index (χ1v) is 7.71. The molecule has 0 N–H and O–H groups in total. The highest BCUT2D eigenvalue weighted by Gasteiger charge is 2.13.